The summed E-state index contributed by atoms with van der Waals surface area (Å²) >= 11 is 7.50. The van der Waals surface area contributed by atoms with E-state index < -0.39 is 0 Å². The van der Waals surface area contributed by atoms with E-state index in [1.54, 1.807) is 11.3 Å². The van der Waals surface area contributed by atoms with E-state index in [-0.39, 0.29) is 11.9 Å². The third-order valence-corrected chi connectivity index (χ3v) is 3.98. The molecule has 1 aromatic heterocycles. The molecule has 1 heterocycles. The van der Waals surface area contributed by atoms with Crippen LogP contribution in [0.4, 0.5) is 4.39 Å². The Kier molecular flexibility index (Phi) is 4.15. The molecule has 0 spiro atoms. The maximum Gasteiger partial charge on any atom is 0.123 e. The Morgan fingerprint density at radius 3 is 2.47 bits per heavy atom. The zero-order valence-electron chi connectivity index (χ0n) is 9.41. The average Bonchev–Trinajstić information content (AvgIpc) is 2.75. The van der Waals surface area contributed by atoms with Gasteiger partial charge in [0.25, 0.3) is 0 Å². The summed E-state index contributed by atoms with van der Waals surface area (Å²) in [5.41, 5.74) is 1.11. The van der Waals surface area contributed by atoms with Crippen molar-refractivity contribution in [1.82, 2.24) is 5.32 Å². The van der Waals surface area contributed by atoms with Crippen LogP contribution in [0.15, 0.2) is 36.4 Å². The van der Waals surface area contributed by atoms with Crippen LogP contribution < -0.4 is 5.32 Å². The first-order valence-corrected chi connectivity index (χ1v) is 6.55. The second-order valence-electron chi connectivity index (χ2n) is 3.81. The van der Waals surface area contributed by atoms with E-state index in [0.29, 0.717) is 0 Å². The molecule has 2 aromatic rings. The van der Waals surface area contributed by atoms with Crippen molar-refractivity contribution in [2.75, 3.05) is 7.05 Å². The highest BCUT2D eigenvalue weighted by molar-refractivity contribution is 7.16. The maximum atomic E-state index is 12.8. The summed E-state index contributed by atoms with van der Waals surface area (Å²) in [6, 6.07) is 10.8. The van der Waals surface area contributed by atoms with Crippen LogP contribution in [0.1, 0.15) is 16.5 Å². The Hall–Kier alpha value is -0.900. The quantitative estimate of drug-likeness (QED) is 0.883. The first-order chi connectivity index (χ1) is 8.19. The van der Waals surface area contributed by atoms with Crippen molar-refractivity contribution >= 4 is 22.9 Å². The predicted octanol–water partition coefficient (Wildman–Crippen LogP) is 4.04. The highest BCUT2D eigenvalue weighted by atomic mass is 35.5. The molecule has 0 aliphatic carbocycles. The summed E-state index contributed by atoms with van der Waals surface area (Å²) in [5, 5.41) is 3.25. The molecule has 0 aliphatic rings. The fourth-order valence-electron chi connectivity index (χ4n) is 1.72. The zero-order valence-corrected chi connectivity index (χ0v) is 11.0. The molecule has 1 N–H and O–H groups in total. The molecule has 0 radical (unpaired) electrons. The highest BCUT2D eigenvalue weighted by Crippen LogP contribution is 2.28. The summed E-state index contributed by atoms with van der Waals surface area (Å²) < 4.78 is 13.6. The third kappa shape index (κ3) is 3.28. The molecular formula is C13H13ClFNS. The molecule has 0 bridgehead atoms. The van der Waals surface area contributed by atoms with Gasteiger partial charge in [0.2, 0.25) is 0 Å². The molecule has 0 amide bonds. The van der Waals surface area contributed by atoms with Crippen LogP contribution in [0.5, 0.6) is 0 Å². The van der Waals surface area contributed by atoms with Gasteiger partial charge in [-0.25, -0.2) is 4.39 Å². The van der Waals surface area contributed by atoms with Crippen molar-refractivity contribution in [3.63, 3.8) is 0 Å². The van der Waals surface area contributed by atoms with E-state index in [2.05, 4.69) is 5.32 Å². The lowest BCUT2D eigenvalue weighted by Gasteiger charge is -2.14. The van der Waals surface area contributed by atoms with Gasteiger partial charge in [-0.2, -0.15) is 0 Å². The van der Waals surface area contributed by atoms with Crippen molar-refractivity contribution in [2.45, 2.75) is 12.5 Å². The molecule has 0 saturated heterocycles. The van der Waals surface area contributed by atoms with E-state index in [1.165, 1.54) is 17.0 Å². The number of halogens is 2. The number of nitrogens with one attached hydrogen (secondary N) is 1. The number of likely N-dealkylation sites (N-methyl/N-ethyl adjacent to an activating group) is 1. The smallest absolute Gasteiger partial charge is 0.123 e. The van der Waals surface area contributed by atoms with Gasteiger partial charge in [0.05, 0.1) is 4.34 Å². The molecule has 1 unspecified atom stereocenters. The van der Waals surface area contributed by atoms with E-state index in [9.17, 15) is 4.39 Å². The SMILES string of the molecule is CNC(Cc1ccc(F)cc1)c1ccc(Cl)s1. The van der Waals surface area contributed by atoms with Crippen LogP contribution in [0.3, 0.4) is 0 Å². The summed E-state index contributed by atoms with van der Waals surface area (Å²) in [5.74, 6) is -0.200. The molecule has 0 aliphatic heterocycles. The third-order valence-electron chi connectivity index (χ3n) is 2.64. The van der Waals surface area contributed by atoms with E-state index in [1.807, 2.05) is 31.3 Å². The lowest BCUT2D eigenvalue weighted by Crippen LogP contribution is -2.17. The van der Waals surface area contributed by atoms with Gasteiger partial charge < -0.3 is 5.32 Å². The minimum atomic E-state index is -0.200. The largest absolute Gasteiger partial charge is 0.312 e. The molecule has 2 rings (SSSR count). The summed E-state index contributed by atoms with van der Waals surface area (Å²) in [6.45, 7) is 0. The zero-order chi connectivity index (χ0) is 12.3. The Balaban J connectivity index is 2.12. The molecule has 0 fully saturated rings. The molecule has 1 aromatic carbocycles. The van der Waals surface area contributed by atoms with Crippen molar-refractivity contribution in [1.29, 1.82) is 0 Å². The van der Waals surface area contributed by atoms with Crippen LogP contribution in [0.25, 0.3) is 0 Å². The fourth-order valence-corrected chi connectivity index (χ4v) is 2.89. The van der Waals surface area contributed by atoms with Gasteiger partial charge in [-0.1, -0.05) is 23.7 Å². The number of rotatable bonds is 4. The van der Waals surface area contributed by atoms with E-state index in [4.69, 9.17) is 11.6 Å². The van der Waals surface area contributed by atoms with Gasteiger partial charge in [0, 0.05) is 10.9 Å². The van der Waals surface area contributed by atoms with Gasteiger partial charge in [-0.05, 0) is 43.3 Å². The van der Waals surface area contributed by atoms with Gasteiger partial charge in [0.15, 0.2) is 0 Å². The highest BCUT2D eigenvalue weighted by Gasteiger charge is 2.12. The molecule has 4 heteroatoms. The molecule has 90 valence electrons. The van der Waals surface area contributed by atoms with Crippen LogP contribution >= 0.6 is 22.9 Å². The van der Waals surface area contributed by atoms with E-state index in [0.717, 1.165) is 16.3 Å². The summed E-state index contributed by atoms with van der Waals surface area (Å²) in [7, 11) is 1.92. The van der Waals surface area contributed by atoms with Crippen LogP contribution in [-0.2, 0) is 6.42 Å². The first kappa shape index (κ1) is 12.6. The molecule has 17 heavy (non-hydrogen) atoms. The number of hydrogen-bond donors (Lipinski definition) is 1. The van der Waals surface area contributed by atoms with Gasteiger partial charge in [-0.15, -0.1) is 11.3 Å². The maximum absolute atomic E-state index is 12.8. The Morgan fingerprint density at radius 1 is 1.24 bits per heavy atom. The Labute approximate surface area is 109 Å². The Bertz CT molecular complexity index is 480. The molecule has 0 saturated carbocycles. The lowest BCUT2D eigenvalue weighted by atomic mass is 10.0. The van der Waals surface area contributed by atoms with Gasteiger partial charge in [0.1, 0.15) is 5.82 Å². The standard InChI is InChI=1S/C13H13ClFNS/c1-16-11(12-6-7-13(14)17-12)8-9-2-4-10(15)5-3-9/h2-7,11,16H,8H2,1H3. The fraction of sp³-hybridized carbons (Fsp3) is 0.231. The van der Waals surface area contributed by atoms with Crippen LogP contribution in [0, 0.1) is 5.82 Å². The first-order valence-electron chi connectivity index (χ1n) is 5.36. The lowest BCUT2D eigenvalue weighted by molar-refractivity contribution is 0.598. The topological polar surface area (TPSA) is 12.0 Å². The van der Waals surface area contributed by atoms with Crippen molar-refractivity contribution in [3.05, 3.63) is 57.0 Å². The molecular weight excluding hydrogens is 257 g/mol. The molecule has 1 nitrogen and oxygen atoms in total. The van der Waals surface area contributed by atoms with Crippen molar-refractivity contribution in [3.8, 4) is 0 Å². The van der Waals surface area contributed by atoms with Crippen molar-refractivity contribution in [2.24, 2.45) is 0 Å². The predicted molar refractivity (Wildman–Crippen MR) is 71.2 cm³/mol. The number of hydrogen-bond acceptors (Lipinski definition) is 2. The van der Waals surface area contributed by atoms with Crippen molar-refractivity contribution < 1.29 is 4.39 Å². The summed E-state index contributed by atoms with van der Waals surface area (Å²) in [6.07, 6.45) is 0.827. The second kappa shape index (κ2) is 5.63. The number of thiophene rings is 1. The normalized spacial score (nSPS) is 12.6. The second-order valence-corrected chi connectivity index (χ2v) is 5.56. The Morgan fingerprint density at radius 2 is 1.94 bits per heavy atom. The summed E-state index contributed by atoms with van der Waals surface area (Å²) in [4.78, 5) is 1.20. The molecule has 1 atom stereocenters. The van der Waals surface area contributed by atoms with Gasteiger partial charge >= 0.3 is 0 Å². The number of benzene rings is 1. The monoisotopic (exact) mass is 269 g/mol. The average molecular weight is 270 g/mol. The minimum absolute atomic E-state index is 0.200. The van der Waals surface area contributed by atoms with Gasteiger partial charge in [-0.3, -0.25) is 0 Å². The van der Waals surface area contributed by atoms with Crippen LogP contribution in [0.2, 0.25) is 4.34 Å². The van der Waals surface area contributed by atoms with E-state index >= 15 is 0 Å². The minimum Gasteiger partial charge on any atom is -0.312 e. The van der Waals surface area contributed by atoms with Crippen LogP contribution in [-0.4, -0.2) is 7.05 Å².